The summed E-state index contributed by atoms with van der Waals surface area (Å²) in [4.78, 5) is 0.145. The highest BCUT2D eigenvalue weighted by Crippen LogP contribution is 2.31. The van der Waals surface area contributed by atoms with Crippen molar-refractivity contribution in [3.05, 3.63) is 53.1 Å². The number of nitrogens with zero attached hydrogens (tertiary/aromatic N) is 2. The lowest BCUT2D eigenvalue weighted by molar-refractivity contribution is 0.353. The third-order valence-electron chi connectivity index (χ3n) is 3.93. The minimum Gasteiger partial charge on any atom is -0.493 e. The van der Waals surface area contributed by atoms with Gasteiger partial charge in [0, 0.05) is 13.6 Å². The van der Waals surface area contributed by atoms with E-state index in [-0.39, 0.29) is 11.4 Å². The van der Waals surface area contributed by atoms with Crippen LogP contribution in [0.5, 0.6) is 11.5 Å². The van der Waals surface area contributed by atoms with Crippen molar-refractivity contribution in [2.24, 2.45) is 0 Å². The lowest BCUT2D eigenvalue weighted by Crippen LogP contribution is -2.26. The monoisotopic (exact) mass is 360 g/mol. The Balaban J connectivity index is 2.31. The fourth-order valence-electron chi connectivity index (χ4n) is 2.40. The first-order valence-corrected chi connectivity index (χ1v) is 8.95. The van der Waals surface area contributed by atoms with Crippen LogP contribution in [0, 0.1) is 18.3 Å². The van der Waals surface area contributed by atoms with E-state index in [1.807, 2.05) is 19.1 Å². The number of ether oxygens (including phenoxy) is 2. The third-order valence-corrected chi connectivity index (χ3v) is 5.74. The van der Waals surface area contributed by atoms with E-state index >= 15 is 0 Å². The fraction of sp³-hybridized carbons (Fsp3) is 0.278. The second kappa shape index (κ2) is 7.55. The first-order chi connectivity index (χ1) is 11.8. The van der Waals surface area contributed by atoms with E-state index in [1.54, 1.807) is 13.2 Å². The summed E-state index contributed by atoms with van der Waals surface area (Å²) in [6, 6.07) is 11.4. The van der Waals surface area contributed by atoms with E-state index in [4.69, 9.17) is 14.7 Å². The van der Waals surface area contributed by atoms with Gasteiger partial charge in [0.2, 0.25) is 10.0 Å². The zero-order valence-corrected chi connectivity index (χ0v) is 15.4. The highest BCUT2D eigenvalue weighted by molar-refractivity contribution is 7.89. The largest absolute Gasteiger partial charge is 0.493 e. The second-order valence-corrected chi connectivity index (χ2v) is 7.58. The Bertz CT molecular complexity index is 900. The van der Waals surface area contributed by atoms with Crippen LogP contribution in [-0.4, -0.2) is 34.0 Å². The molecule has 2 rings (SSSR count). The summed E-state index contributed by atoms with van der Waals surface area (Å²) in [6.07, 6.45) is 0. The predicted octanol–water partition coefficient (Wildman–Crippen LogP) is 2.70. The number of hydrogen-bond donors (Lipinski definition) is 0. The van der Waals surface area contributed by atoms with Gasteiger partial charge in [-0.15, -0.1) is 0 Å². The molecular formula is C18H20N2O4S. The van der Waals surface area contributed by atoms with Crippen molar-refractivity contribution in [1.82, 2.24) is 4.31 Å². The Kier molecular flexibility index (Phi) is 5.67. The van der Waals surface area contributed by atoms with Crippen molar-refractivity contribution >= 4 is 10.0 Å². The first kappa shape index (κ1) is 18.8. The molecule has 0 aliphatic rings. The lowest BCUT2D eigenvalue weighted by atomic mass is 10.1. The molecular weight excluding hydrogens is 340 g/mol. The van der Waals surface area contributed by atoms with Crippen LogP contribution in [0.4, 0.5) is 0 Å². The summed E-state index contributed by atoms with van der Waals surface area (Å²) in [5.41, 5.74) is 2.13. The first-order valence-electron chi connectivity index (χ1n) is 7.51. The van der Waals surface area contributed by atoms with E-state index in [1.165, 1.54) is 42.7 Å². The molecule has 0 aliphatic heterocycles. The molecule has 0 aliphatic carbocycles. The molecule has 0 saturated carbocycles. The van der Waals surface area contributed by atoms with E-state index in [0.717, 1.165) is 11.1 Å². The normalized spacial score (nSPS) is 11.2. The zero-order valence-electron chi connectivity index (χ0n) is 14.6. The molecule has 0 spiro atoms. The number of rotatable bonds is 6. The number of hydrogen-bond acceptors (Lipinski definition) is 5. The molecule has 0 heterocycles. The van der Waals surface area contributed by atoms with Crippen LogP contribution < -0.4 is 9.47 Å². The molecule has 0 N–H and O–H groups in total. The minimum atomic E-state index is -3.66. The van der Waals surface area contributed by atoms with Crippen molar-refractivity contribution in [3.8, 4) is 17.6 Å². The summed E-state index contributed by atoms with van der Waals surface area (Å²) >= 11 is 0. The Morgan fingerprint density at radius 2 is 1.64 bits per heavy atom. The van der Waals surface area contributed by atoms with Gasteiger partial charge in [-0.2, -0.15) is 9.57 Å². The summed E-state index contributed by atoms with van der Waals surface area (Å²) < 4.78 is 37.2. The van der Waals surface area contributed by atoms with Crippen molar-refractivity contribution in [3.63, 3.8) is 0 Å². The summed E-state index contributed by atoms with van der Waals surface area (Å²) in [7, 11) is 0.945. The highest BCUT2D eigenvalue weighted by Gasteiger charge is 2.22. The highest BCUT2D eigenvalue weighted by atomic mass is 32.2. The van der Waals surface area contributed by atoms with Gasteiger partial charge >= 0.3 is 0 Å². The summed E-state index contributed by atoms with van der Waals surface area (Å²) in [5, 5.41) is 8.83. The Hall–Kier alpha value is -2.56. The fourth-order valence-corrected chi connectivity index (χ4v) is 3.55. The van der Waals surface area contributed by atoms with Crippen LogP contribution in [0.25, 0.3) is 0 Å². The number of aryl methyl sites for hydroxylation is 1. The van der Waals surface area contributed by atoms with Crippen molar-refractivity contribution in [2.75, 3.05) is 21.3 Å². The van der Waals surface area contributed by atoms with Crippen molar-refractivity contribution in [2.45, 2.75) is 18.4 Å². The molecule has 25 heavy (non-hydrogen) atoms. The summed E-state index contributed by atoms with van der Waals surface area (Å²) in [5.74, 6) is 1.15. The van der Waals surface area contributed by atoms with Gasteiger partial charge in [-0.1, -0.05) is 0 Å². The molecule has 0 fully saturated rings. The predicted molar refractivity (Wildman–Crippen MR) is 94.1 cm³/mol. The maximum atomic E-state index is 12.7. The van der Waals surface area contributed by atoms with E-state index in [2.05, 4.69) is 0 Å². The van der Waals surface area contributed by atoms with Crippen molar-refractivity contribution in [1.29, 1.82) is 5.26 Å². The van der Waals surface area contributed by atoms with Crippen LogP contribution in [0.3, 0.4) is 0 Å². The maximum Gasteiger partial charge on any atom is 0.243 e. The Morgan fingerprint density at radius 1 is 1.08 bits per heavy atom. The molecule has 132 valence electrons. The SMILES string of the molecule is COc1cc(C)c(CN(C)S(=O)(=O)c2ccc(C#N)cc2)cc1OC. The van der Waals surface area contributed by atoms with Gasteiger partial charge < -0.3 is 9.47 Å². The lowest BCUT2D eigenvalue weighted by Gasteiger charge is -2.20. The van der Waals surface area contributed by atoms with Crippen LogP contribution >= 0.6 is 0 Å². The average Bonchev–Trinajstić information content (AvgIpc) is 2.62. The van der Waals surface area contributed by atoms with Gasteiger partial charge in [0.05, 0.1) is 30.7 Å². The number of nitriles is 1. The molecule has 6 nitrogen and oxygen atoms in total. The second-order valence-electron chi connectivity index (χ2n) is 5.53. The van der Waals surface area contributed by atoms with Gasteiger partial charge in [0.1, 0.15) is 0 Å². The molecule has 0 aromatic heterocycles. The molecule has 2 aromatic carbocycles. The van der Waals surface area contributed by atoms with Crippen LogP contribution in [0.1, 0.15) is 16.7 Å². The van der Waals surface area contributed by atoms with Crippen LogP contribution in [0.15, 0.2) is 41.3 Å². The summed E-state index contributed by atoms with van der Waals surface area (Å²) in [6.45, 7) is 2.08. The molecule has 0 radical (unpaired) electrons. The number of benzene rings is 2. The molecule has 0 amide bonds. The number of sulfonamides is 1. The van der Waals surface area contributed by atoms with Gasteiger partial charge in [-0.25, -0.2) is 8.42 Å². The quantitative estimate of drug-likeness (QED) is 0.791. The molecule has 0 atom stereocenters. The van der Waals surface area contributed by atoms with Crippen molar-refractivity contribution < 1.29 is 17.9 Å². The van der Waals surface area contributed by atoms with Gasteiger partial charge in [-0.05, 0) is 54.4 Å². The molecule has 0 unspecified atom stereocenters. The van der Waals surface area contributed by atoms with E-state index in [0.29, 0.717) is 17.1 Å². The van der Waals surface area contributed by atoms with Crippen LogP contribution in [0.2, 0.25) is 0 Å². The van der Waals surface area contributed by atoms with Gasteiger partial charge in [-0.3, -0.25) is 0 Å². The molecule has 7 heteroatoms. The Labute approximate surface area is 148 Å². The standard InChI is InChI=1S/C18H20N2O4S/c1-13-9-17(23-3)18(24-4)10-15(13)12-20(2)25(21,22)16-7-5-14(11-19)6-8-16/h5-10H,12H2,1-4H3. The third kappa shape index (κ3) is 3.92. The van der Waals surface area contributed by atoms with Gasteiger partial charge in [0.25, 0.3) is 0 Å². The molecule has 0 saturated heterocycles. The smallest absolute Gasteiger partial charge is 0.243 e. The van der Waals surface area contributed by atoms with Gasteiger partial charge in [0.15, 0.2) is 11.5 Å². The van der Waals surface area contributed by atoms with Crippen LogP contribution in [-0.2, 0) is 16.6 Å². The Morgan fingerprint density at radius 3 is 2.16 bits per heavy atom. The topological polar surface area (TPSA) is 79.6 Å². The van der Waals surface area contributed by atoms with E-state index in [9.17, 15) is 8.42 Å². The maximum absolute atomic E-state index is 12.7. The number of methoxy groups -OCH3 is 2. The molecule has 0 bridgehead atoms. The minimum absolute atomic E-state index is 0.145. The average molecular weight is 360 g/mol. The van der Waals surface area contributed by atoms with E-state index < -0.39 is 10.0 Å². The molecule has 2 aromatic rings. The zero-order chi connectivity index (χ0) is 18.6.